The first kappa shape index (κ1) is 21.3. The number of hydrogen-bond donors (Lipinski definition) is 2. The van der Waals surface area contributed by atoms with Gasteiger partial charge in [-0.05, 0) is 56.0 Å². The Balaban J connectivity index is 1.32. The van der Waals surface area contributed by atoms with Gasteiger partial charge in [0, 0.05) is 30.6 Å². The Bertz CT molecular complexity index is 811. The summed E-state index contributed by atoms with van der Waals surface area (Å²) in [5, 5.41) is 6.11. The first-order valence-corrected chi connectivity index (χ1v) is 10.8. The van der Waals surface area contributed by atoms with Gasteiger partial charge in [0.15, 0.2) is 0 Å². The molecule has 1 fully saturated rings. The molecule has 1 saturated heterocycles. The van der Waals surface area contributed by atoms with Crippen molar-refractivity contribution in [3.8, 4) is 5.75 Å². The molecule has 1 aliphatic heterocycles. The van der Waals surface area contributed by atoms with E-state index in [2.05, 4.69) is 15.5 Å². The van der Waals surface area contributed by atoms with Crippen molar-refractivity contribution < 1.29 is 14.3 Å². The molecule has 3 rings (SSSR count). The summed E-state index contributed by atoms with van der Waals surface area (Å²) in [5.41, 5.74) is 1.17. The smallest absolute Gasteiger partial charge is 0.261 e. The van der Waals surface area contributed by atoms with E-state index in [1.807, 2.05) is 43.3 Å². The van der Waals surface area contributed by atoms with Crippen LogP contribution in [0.15, 0.2) is 36.4 Å². The third-order valence-corrected chi connectivity index (χ3v) is 6.15. The summed E-state index contributed by atoms with van der Waals surface area (Å²) >= 11 is 1.52. The fraction of sp³-hybridized carbons (Fsp3) is 0.455. The van der Waals surface area contributed by atoms with Crippen LogP contribution >= 0.6 is 11.3 Å². The molecule has 0 radical (unpaired) electrons. The van der Waals surface area contributed by atoms with Crippen molar-refractivity contribution in [2.75, 3.05) is 33.3 Å². The molecule has 1 aromatic heterocycles. The number of likely N-dealkylation sites (tertiary alicyclic amines) is 1. The van der Waals surface area contributed by atoms with Crippen LogP contribution in [0.25, 0.3) is 0 Å². The summed E-state index contributed by atoms with van der Waals surface area (Å²) < 4.78 is 5.15. The summed E-state index contributed by atoms with van der Waals surface area (Å²) in [6.45, 7) is 4.67. The fourth-order valence-electron chi connectivity index (χ4n) is 3.45. The Hall–Kier alpha value is -2.38. The van der Waals surface area contributed by atoms with Crippen molar-refractivity contribution in [3.05, 3.63) is 51.7 Å². The van der Waals surface area contributed by atoms with Crippen molar-refractivity contribution in [3.63, 3.8) is 0 Å². The average Bonchev–Trinajstić information content (AvgIpc) is 3.16. The van der Waals surface area contributed by atoms with Crippen molar-refractivity contribution in [2.45, 2.75) is 32.2 Å². The average molecular weight is 416 g/mol. The van der Waals surface area contributed by atoms with Gasteiger partial charge in [-0.2, -0.15) is 0 Å². The molecule has 156 valence electrons. The van der Waals surface area contributed by atoms with Crippen LogP contribution in [0.1, 0.15) is 33.0 Å². The van der Waals surface area contributed by atoms with Crippen molar-refractivity contribution in [2.24, 2.45) is 0 Å². The summed E-state index contributed by atoms with van der Waals surface area (Å²) in [5.74, 6) is 0.899. The van der Waals surface area contributed by atoms with Crippen LogP contribution in [0, 0.1) is 6.92 Å². The normalized spacial score (nSPS) is 15.1. The minimum Gasteiger partial charge on any atom is -0.497 e. The van der Waals surface area contributed by atoms with Crippen LogP contribution in [-0.2, 0) is 11.2 Å². The van der Waals surface area contributed by atoms with E-state index in [4.69, 9.17) is 4.74 Å². The van der Waals surface area contributed by atoms with Gasteiger partial charge in [0.25, 0.3) is 5.91 Å². The Morgan fingerprint density at radius 3 is 2.48 bits per heavy atom. The van der Waals surface area contributed by atoms with Gasteiger partial charge in [0.05, 0.1) is 18.5 Å². The van der Waals surface area contributed by atoms with E-state index >= 15 is 0 Å². The number of carbonyl (C=O) groups is 2. The van der Waals surface area contributed by atoms with Crippen molar-refractivity contribution in [1.82, 2.24) is 15.5 Å². The van der Waals surface area contributed by atoms with Crippen LogP contribution in [0.3, 0.4) is 0 Å². The number of benzene rings is 1. The standard InChI is InChI=1S/C22H29N3O3S/c1-16-3-8-20(29-16)22(27)24-18-10-13-25(14-11-18)15-21(26)23-12-9-17-4-6-19(28-2)7-5-17/h3-8,18H,9-15H2,1-2H3,(H,23,26)(H,24,27). The number of ether oxygens (including phenoxy) is 1. The molecule has 2 heterocycles. The number of amides is 2. The number of hydrogen-bond acceptors (Lipinski definition) is 5. The van der Waals surface area contributed by atoms with E-state index in [9.17, 15) is 9.59 Å². The second-order valence-electron chi connectivity index (χ2n) is 7.38. The van der Waals surface area contributed by atoms with Crippen molar-refractivity contribution >= 4 is 23.2 Å². The van der Waals surface area contributed by atoms with Gasteiger partial charge < -0.3 is 15.4 Å². The highest BCUT2D eigenvalue weighted by atomic mass is 32.1. The number of aryl methyl sites for hydroxylation is 1. The molecule has 2 N–H and O–H groups in total. The Kier molecular flexibility index (Phi) is 7.66. The third kappa shape index (κ3) is 6.58. The molecule has 6 nitrogen and oxygen atoms in total. The predicted octanol–water partition coefficient (Wildman–Crippen LogP) is 2.62. The van der Waals surface area contributed by atoms with Gasteiger partial charge in [-0.25, -0.2) is 0 Å². The molecule has 1 aliphatic rings. The van der Waals surface area contributed by atoms with E-state index in [1.165, 1.54) is 16.9 Å². The minimum atomic E-state index is 0.0119. The van der Waals surface area contributed by atoms with E-state index < -0.39 is 0 Å². The van der Waals surface area contributed by atoms with Crippen LogP contribution in [0.5, 0.6) is 5.75 Å². The maximum absolute atomic E-state index is 12.3. The molecule has 0 bridgehead atoms. The molecule has 2 aromatic rings. The predicted molar refractivity (Wildman–Crippen MR) is 116 cm³/mol. The molecule has 0 atom stereocenters. The number of nitrogens with zero attached hydrogens (tertiary/aromatic N) is 1. The van der Waals surface area contributed by atoms with Gasteiger partial charge in [0.1, 0.15) is 5.75 Å². The monoisotopic (exact) mass is 415 g/mol. The molecule has 2 amide bonds. The summed E-state index contributed by atoms with van der Waals surface area (Å²) in [6.07, 6.45) is 2.54. The zero-order valence-corrected chi connectivity index (χ0v) is 17.9. The topological polar surface area (TPSA) is 70.7 Å². The molecule has 0 aliphatic carbocycles. The van der Waals surface area contributed by atoms with Crippen LogP contribution in [0.4, 0.5) is 0 Å². The Labute approximate surface area is 176 Å². The lowest BCUT2D eigenvalue weighted by atomic mass is 10.0. The quantitative estimate of drug-likeness (QED) is 0.695. The number of rotatable bonds is 8. The number of nitrogens with one attached hydrogen (secondary N) is 2. The van der Waals surface area contributed by atoms with Gasteiger partial charge in [-0.3, -0.25) is 14.5 Å². The molecule has 29 heavy (non-hydrogen) atoms. The third-order valence-electron chi connectivity index (χ3n) is 5.15. The molecule has 7 heteroatoms. The first-order valence-electron chi connectivity index (χ1n) is 10.0. The van der Waals surface area contributed by atoms with E-state index in [-0.39, 0.29) is 17.9 Å². The molecular formula is C22H29N3O3S. The molecule has 1 aromatic carbocycles. The summed E-state index contributed by atoms with van der Waals surface area (Å²) in [7, 11) is 1.65. The minimum absolute atomic E-state index is 0.0119. The van der Waals surface area contributed by atoms with E-state index in [0.717, 1.165) is 47.9 Å². The maximum atomic E-state index is 12.3. The highest BCUT2D eigenvalue weighted by molar-refractivity contribution is 7.13. The lowest BCUT2D eigenvalue weighted by Crippen LogP contribution is -2.47. The van der Waals surface area contributed by atoms with Crippen LogP contribution < -0.4 is 15.4 Å². The number of piperidine rings is 1. The van der Waals surface area contributed by atoms with Gasteiger partial charge >= 0.3 is 0 Å². The largest absolute Gasteiger partial charge is 0.497 e. The van der Waals surface area contributed by atoms with Crippen molar-refractivity contribution in [1.29, 1.82) is 0 Å². The SMILES string of the molecule is COc1ccc(CCNC(=O)CN2CCC(NC(=O)c3ccc(C)s3)CC2)cc1. The highest BCUT2D eigenvalue weighted by Gasteiger charge is 2.22. The number of thiophene rings is 1. The van der Waals surface area contributed by atoms with Crippen LogP contribution in [0.2, 0.25) is 0 Å². The van der Waals surface area contributed by atoms with Crippen LogP contribution in [-0.4, -0.2) is 56.0 Å². The first-order chi connectivity index (χ1) is 14.0. The molecule has 0 unspecified atom stereocenters. The van der Waals surface area contributed by atoms with Gasteiger partial charge in [0.2, 0.25) is 5.91 Å². The molecule has 0 spiro atoms. The summed E-state index contributed by atoms with van der Waals surface area (Å²) in [4.78, 5) is 28.5. The van der Waals surface area contributed by atoms with Gasteiger partial charge in [-0.1, -0.05) is 12.1 Å². The molecule has 0 saturated carbocycles. The van der Waals surface area contributed by atoms with Gasteiger partial charge in [-0.15, -0.1) is 11.3 Å². The Morgan fingerprint density at radius 1 is 1.14 bits per heavy atom. The fourth-order valence-corrected chi connectivity index (χ4v) is 4.22. The maximum Gasteiger partial charge on any atom is 0.261 e. The van der Waals surface area contributed by atoms with E-state index in [1.54, 1.807) is 7.11 Å². The lowest BCUT2D eigenvalue weighted by Gasteiger charge is -2.31. The molecular weight excluding hydrogens is 386 g/mol. The lowest BCUT2D eigenvalue weighted by molar-refractivity contribution is -0.122. The summed E-state index contributed by atoms with van der Waals surface area (Å²) in [6, 6.07) is 11.9. The zero-order chi connectivity index (χ0) is 20.6. The number of methoxy groups -OCH3 is 1. The number of carbonyl (C=O) groups excluding carboxylic acids is 2. The second-order valence-corrected chi connectivity index (χ2v) is 8.67. The highest BCUT2D eigenvalue weighted by Crippen LogP contribution is 2.17. The van der Waals surface area contributed by atoms with E-state index in [0.29, 0.717) is 13.1 Å². The zero-order valence-electron chi connectivity index (χ0n) is 17.1. The second kappa shape index (κ2) is 10.4. The Morgan fingerprint density at radius 2 is 1.86 bits per heavy atom.